The Hall–Kier alpha value is -2.57. The Balaban J connectivity index is 2.09. The second-order valence-corrected chi connectivity index (χ2v) is 10.5. The number of hydrogen-bond donors (Lipinski definition) is 1. The molecule has 8 heteroatoms. The highest BCUT2D eigenvalue weighted by Gasteiger charge is 2.37. The maximum atomic E-state index is 13.5. The van der Waals surface area contributed by atoms with Crippen LogP contribution in [0.3, 0.4) is 0 Å². The van der Waals surface area contributed by atoms with Gasteiger partial charge in [-0.15, -0.1) is 0 Å². The molecule has 7 nitrogen and oxygen atoms in total. The number of nitrogens with zero attached hydrogens (tertiary/aromatic N) is 2. The molecule has 0 aliphatic carbocycles. The monoisotopic (exact) mass is 472 g/mol. The highest BCUT2D eigenvalue weighted by Crippen LogP contribution is 2.34. The third kappa shape index (κ3) is 5.68. The number of hydrogen-bond acceptors (Lipinski definition) is 6. The highest BCUT2D eigenvalue weighted by atomic mass is 32.2. The van der Waals surface area contributed by atoms with E-state index in [4.69, 9.17) is 9.47 Å². The zero-order chi connectivity index (χ0) is 24.2. The molecule has 0 bridgehead atoms. The first kappa shape index (κ1) is 25.1. The van der Waals surface area contributed by atoms with Crippen molar-refractivity contribution < 1.29 is 23.0 Å². The summed E-state index contributed by atoms with van der Waals surface area (Å²) in [4.78, 5) is 2.10. The first-order valence-corrected chi connectivity index (χ1v) is 12.3. The lowest BCUT2D eigenvalue weighted by atomic mass is 10.0. The molecule has 0 aromatic heterocycles. The van der Waals surface area contributed by atoms with Crippen LogP contribution in [0.4, 0.5) is 0 Å². The van der Waals surface area contributed by atoms with E-state index in [9.17, 15) is 13.5 Å². The maximum absolute atomic E-state index is 13.5. The Morgan fingerprint density at radius 3 is 2.64 bits per heavy atom. The number of sulfonamides is 1. The van der Waals surface area contributed by atoms with Crippen molar-refractivity contribution in [3.05, 3.63) is 53.6 Å². The summed E-state index contributed by atoms with van der Waals surface area (Å²) in [7, 11) is 1.63. The Labute approximate surface area is 197 Å². The molecule has 0 fully saturated rings. The Morgan fingerprint density at radius 2 is 1.97 bits per heavy atom. The van der Waals surface area contributed by atoms with Crippen molar-refractivity contribution in [1.82, 2.24) is 9.21 Å². The first-order chi connectivity index (χ1) is 15.7. The molecule has 2 aromatic rings. The number of aliphatic hydroxyl groups is 1. The van der Waals surface area contributed by atoms with E-state index in [0.717, 1.165) is 5.56 Å². The van der Waals surface area contributed by atoms with Crippen molar-refractivity contribution in [2.75, 3.05) is 40.9 Å². The van der Waals surface area contributed by atoms with Gasteiger partial charge in [-0.25, -0.2) is 8.42 Å². The summed E-state index contributed by atoms with van der Waals surface area (Å²) in [5.74, 6) is 7.04. The number of rotatable bonds is 5. The summed E-state index contributed by atoms with van der Waals surface area (Å²) in [6.07, 6.45) is -0.236. The molecule has 33 heavy (non-hydrogen) atoms. The Kier molecular flexibility index (Phi) is 8.03. The van der Waals surface area contributed by atoms with Crippen molar-refractivity contribution in [2.45, 2.75) is 30.9 Å². The number of fused-ring (bicyclic) bond motifs is 1. The van der Waals surface area contributed by atoms with Gasteiger partial charge in [0.1, 0.15) is 22.5 Å². The van der Waals surface area contributed by atoms with Crippen molar-refractivity contribution in [3.8, 4) is 23.3 Å². The largest absolute Gasteiger partial charge is 0.495 e. The van der Waals surface area contributed by atoms with Crippen LogP contribution in [0, 0.1) is 17.8 Å². The van der Waals surface area contributed by atoms with E-state index < -0.39 is 16.1 Å². The fraction of sp³-hybridized carbons (Fsp3) is 0.440. The molecule has 0 radical (unpaired) electrons. The smallest absolute Gasteiger partial charge is 0.247 e. The van der Waals surface area contributed by atoms with Crippen LogP contribution in [0.15, 0.2) is 47.4 Å². The predicted molar refractivity (Wildman–Crippen MR) is 128 cm³/mol. The normalized spacial score (nSPS) is 21.1. The number of methoxy groups -OCH3 is 1. The Morgan fingerprint density at radius 1 is 1.24 bits per heavy atom. The van der Waals surface area contributed by atoms with Crippen LogP contribution in [0.2, 0.25) is 0 Å². The topological polar surface area (TPSA) is 79.3 Å². The molecule has 1 heterocycles. The SMILES string of the molecule is COc1ccccc1C#Cc1ccc2c(c1)O[C@@H](CN(C)C)[C@@H](C)CN([C@@H](C)CO)S2(=O)=O. The summed E-state index contributed by atoms with van der Waals surface area (Å²) in [6.45, 7) is 4.30. The third-order valence-electron chi connectivity index (χ3n) is 5.66. The molecule has 178 valence electrons. The maximum Gasteiger partial charge on any atom is 0.247 e. The molecule has 2 aromatic carbocycles. The molecule has 3 rings (SSSR count). The minimum Gasteiger partial charge on any atom is -0.495 e. The predicted octanol–water partition coefficient (Wildman–Crippen LogP) is 2.43. The second kappa shape index (κ2) is 10.6. The van der Waals surface area contributed by atoms with Gasteiger partial charge < -0.3 is 19.5 Å². The fourth-order valence-corrected chi connectivity index (χ4v) is 5.59. The highest BCUT2D eigenvalue weighted by molar-refractivity contribution is 7.89. The molecule has 0 spiro atoms. The molecule has 1 N–H and O–H groups in total. The number of benzene rings is 2. The zero-order valence-electron chi connectivity index (χ0n) is 19.8. The van der Waals surface area contributed by atoms with E-state index in [0.29, 0.717) is 17.9 Å². The number of aliphatic hydroxyl groups excluding tert-OH is 1. The number of para-hydroxylation sites is 1. The van der Waals surface area contributed by atoms with Gasteiger partial charge in [-0.3, -0.25) is 0 Å². The lowest BCUT2D eigenvalue weighted by Gasteiger charge is -2.37. The van der Waals surface area contributed by atoms with Gasteiger partial charge in [-0.1, -0.05) is 30.9 Å². The molecule has 0 saturated heterocycles. The van der Waals surface area contributed by atoms with E-state index in [-0.39, 0.29) is 35.8 Å². The molecular formula is C25H32N2O5S. The quantitative estimate of drug-likeness (QED) is 0.674. The van der Waals surface area contributed by atoms with Crippen LogP contribution in [0.1, 0.15) is 25.0 Å². The standard InChI is InChI=1S/C25H32N2O5S/c1-18-15-27(19(2)17-28)33(29,30)25-13-11-20(14-23(25)32-24(18)16-26(3)4)10-12-21-8-6-7-9-22(21)31-5/h6-9,11,13-14,18-19,24,28H,15-17H2,1-5H3/t18-,19-,24-/m0/s1. The van der Waals surface area contributed by atoms with Gasteiger partial charge in [-0.2, -0.15) is 4.31 Å². The number of ether oxygens (including phenoxy) is 2. The summed E-state index contributed by atoms with van der Waals surface area (Å²) in [5, 5.41) is 9.72. The van der Waals surface area contributed by atoms with E-state index in [1.165, 1.54) is 10.4 Å². The van der Waals surface area contributed by atoms with Crippen LogP contribution < -0.4 is 9.47 Å². The third-order valence-corrected chi connectivity index (χ3v) is 7.68. The van der Waals surface area contributed by atoms with Crippen LogP contribution >= 0.6 is 0 Å². The van der Waals surface area contributed by atoms with Crippen LogP contribution in [-0.4, -0.2) is 75.8 Å². The van der Waals surface area contributed by atoms with Crippen LogP contribution in [-0.2, 0) is 10.0 Å². The van der Waals surface area contributed by atoms with Crippen molar-refractivity contribution in [3.63, 3.8) is 0 Å². The minimum atomic E-state index is -3.87. The van der Waals surface area contributed by atoms with Gasteiger partial charge in [0, 0.05) is 30.6 Å². The van der Waals surface area contributed by atoms with Gasteiger partial charge in [0.25, 0.3) is 0 Å². The fourth-order valence-electron chi connectivity index (χ4n) is 3.77. The molecule has 0 unspecified atom stereocenters. The zero-order valence-corrected chi connectivity index (χ0v) is 20.6. The Bertz CT molecular complexity index is 1140. The summed E-state index contributed by atoms with van der Waals surface area (Å²) < 4.78 is 40.0. The van der Waals surface area contributed by atoms with Crippen molar-refractivity contribution >= 4 is 10.0 Å². The van der Waals surface area contributed by atoms with Crippen molar-refractivity contribution in [2.24, 2.45) is 5.92 Å². The second-order valence-electron chi connectivity index (χ2n) is 8.61. The van der Waals surface area contributed by atoms with Crippen LogP contribution in [0.5, 0.6) is 11.5 Å². The summed E-state index contributed by atoms with van der Waals surface area (Å²) in [5.41, 5.74) is 1.37. The van der Waals surface area contributed by atoms with Gasteiger partial charge in [0.15, 0.2) is 0 Å². The van der Waals surface area contributed by atoms with Gasteiger partial charge in [0.2, 0.25) is 10.0 Å². The van der Waals surface area contributed by atoms with E-state index in [1.54, 1.807) is 26.2 Å². The minimum absolute atomic E-state index is 0.0845. The first-order valence-electron chi connectivity index (χ1n) is 10.9. The summed E-state index contributed by atoms with van der Waals surface area (Å²) in [6, 6.07) is 11.8. The molecule has 3 atom stereocenters. The average Bonchev–Trinajstić information content (AvgIpc) is 2.79. The summed E-state index contributed by atoms with van der Waals surface area (Å²) >= 11 is 0. The van der Waals surface area contributed by atoms with Crippen LogP contribution in [0.25, 0.3) is 0 Å². The van der Waals surface area contributed by atoms with E-state index in [2.05, 4.69) is 11.8 Å². The van der Waals surface area contributed by atoms with Gasteiger partial charge in [-0.05, 0) is 51.4 Å². The van der Waals surface area contributed by atoms with Crippen molar-refractivity contribution in [1.29, 1.82) is 0 Å². The molecule has 0 amide bonds. The lowest BCUT2D eigenvalue weighted by Crippen LogP contribution is -2.49. The molecule has 1 aliphatic rings. The lowest BCUT2D eigenvalue weighted by molar-refractivity contribution is 0.0812. The van der Waals surface area contributed by atoms with E-state index in [1.807, 2.05) is 50.2 Å². The number of likely N-dealkylation sites (N-methyl/N-ethyl adjacent to an activating group) is 1. The average molecular weight is 473 g/mol. The molecule has 1 aliphatic heterocycles. The van der Waals surface area contributed by atoms with Gasteiger partial charge in [0.05, 0.1) is 19.3 Å². The van der Waals surface area contributed by atoms with Gasteiger partial charge >= 0.3 is 0 Å². The molecular weight excluding hydrogens is 440 g/mol. The molecule has 0 saturated carbocycles. The van der Waals surface area contributed by atoms with E-state index >= 15 is 0 Å².